The smallest absolute Gasteiger partial charge is 0.266 e. The van der Waals surface area contributed by atoms with Gasteiger partial charge in [0.2, 0.25) is 5.75 Å². The lowest BCUT2D eigenvalue weighted by atomic mass is 10.1. The van der Waals surface area contributed by atoms with Gasteiger partial charge in [-0.15, -0.1) is 0 Å². The summed E-state index contributed by atoms with van der Waals surface area (Å²) in [7, 11) is 5.95. The van der Waals surface area contributed by atoms with Crippen LogP contribution >= 0.6 is 15.9 Å². The normalized spacial score (nSPS) is 11.1. The van der Waals surface area contributed by atoms with Gasteiger partial charge in [-0.3, -0.25) is 14.2 Å². The van der Waals surface area contributed by atoms with Crippen molar-refractivity contribution in [1.29, 1.82) is 0 Å². The molecule has 5 aromatic rings. The highest BCUT2D eigenvalue weighted by molar-refractivity contribution is 9.10. The second-order valence-electron chi connectivity index (χ2n) is 8.10. The van der Waals surface area contributed by atoms with Gasteiger partial charge in [0.15, 0.2) is 16.9 Å². The Hall–Kier alpha value is -4.24. The molecule has 3 aromatic carbocycles. The van der Waals surface area contributed by atoms with E-state index in [2.05, 4.69) is 15.9 Å². The first kappa shape index (κ1) is 24.5. The predicted molar refractivity (Wildman–Crippen MR) is 143 cm³/mol. The molecule has 9 heteroatoms. The van der Waals surface area contributed by atoms with Gasteiger partial charge < -0.3 is 23.4 Å². The average Bonchev–Trinajstić information content (AvgIpc) is 3.34. The van der Waals surface area contributed by atoms with Crippen LogP contribution in [0.25, 0.3) is 33.2 Å². The third kappa shape index (κ3) is 4.11. The van der Waals surface area contributed by atoms with E-state index in [-0.39, 0.29) is 22.5 Å². The van der Waals surface area contributed by atoms with Crippen molar-refractivity contribution in [3.8, 4) is 34.3 Å². The van der Waals surface area contributed by atoms with E-state index < -0.39 is 0 Å². The zero-order valence-electron chi connectivity index (χ0n) is 20.5. The van der Waals surface area contributed by atoms with Crippen LogP contribution in [0.2, 0.25) is 0 Å². The largest absolute Gasteiger partial charge is 0.496 e. The minimum atomic E-state index is -0.288. The molecule has 2 aromatic heterocycles. The number of hydrogen-bond donors (Lipinski definition) is 0. The SMILES string of the molecule is COc1ccc(Br)cc1C(=O)n1ccc2cc(-c3cc(=O)c4c(OC)c(OC)c(OC)cc4o3)ccc21. The average molecular weight is 564 g/mol. The summed E-state index contributed by atoms with van der Waals surface area (Å²) in [4.78, 5) is 26.5. The van der Waals surface area contributed by atoms with Crippen LogP contribution in [0.4, 0.5) is 0 Å². The predicted octanol–water partition coefficient (Wildman–Crippen LogP) is 5.90. The lowest BCUT2D eigenvalue weighted by molar-refractivity contribution is 0.0962. The summed E-state index contributed by atoms with van der Waals surface area (Å²) in [6.45, 7) is 0. The first-order valence-electron chi connectivity index (χ1n) is 11.2. The number of benzene rings is 3. The van der Waals surface area contributed by atoms with Gasteiger partial charge in [0, 0.05) is 33.8 Å². The van der Waals surface area contributed by atoms with Crippen LogP contribution in [0, 0.1) is 0 Å². The van der Waals surface area contributed by atoms with E-state index in [0.717, 1.165) is 9.86 Å². The minimum absolute atomic E-state index is 0.230. The molecular formula is C28H22BrNO7. The van der Waals surface area contributed by atoms with E-state index in [1.165, 1.54) is 34.5 Å². The van der Waals surface area contributed by atoms with E-state index in [1.807, 2.05) is 24.3 Å². The summed E-state index contributed by atoms with van der Waals surface area (Å²) in [5.41, 5.74) is 1.81. The van der Waals surface area contributed by atoms with Crippen LogP contribution in [0.15, 0.2) is 74.5 Å². The van der Waals surface area contributed by atoms with Crippen LogP contribution in [0.3, 0.4) is 0 Å². The number of nitrogens with zero attached hydrogens (tertiary/aromatic N) is 1. The second-order valence-corrected chi connectivity index (χ2v) is 9.02. The number of ether oxygens (including phenoxy) is 4. The van der Waals surface area contributed by atoms with Crippen molar-refractivity contribution < 1.29 is 28.2 Å². The third-order valence-electron chi connectivity index (χ3n) is 6.11. The monoisotopic (exact) mass is 563 g/mol. The molecule has 5 rings (SSSR count). The van der Waals surface area contributed by atoms with Crippen molar-refractivity contribution in [3.63, 3.8) is 0 Å². The van der Waals surface area contributed by atoms with Gasteiger partial charge in [0.25, 0.3) is 5.91 Å². The molecule has 0 atom stereocenters. The van der Waals surface area contributed by atoms with Gasteiger partial charge in [0.1, 0.15) is 22.5 Å². The molecule has 2 heterocycles. The Balaban J connectivity index is 1.61. The maximum Gasteiger partial charge on any atom is 0.266 e. The Kier molecular flexibility index (Phi) is 6.39. The first-order chi connectivity index (χ1) is 17.9. The Labute approximate surface area is 220 Å². The van der Waals surface area contributed by atoms with Crippen molar-refractivity contribution in [3.05, 3.63) is 81.1 Å². The topological polar surface area (TPSA) is 89.1 Å². The number of carbonyl (C=O) groups excluding carboxylic acids is 1. The van der Waals surface area contributed by atoms with Gasteiger partial charge in [0.05, 0.1) is 39.5 Å². The van der Waals surface area contributed by atoms with E-state index in [1.54, 1.807) is 35.0 Å². The molecule has 0 saturated carbocycles. The molecule has 0 aliphatic heterocycles. The standard InChI is InChI=1S/C28H22BrNO7/c1-33-21-8-6-17(29)12-18(21)28(32)30-10-9-15-11-16(5-7-19(15)30)22-13-20(31)25-23(37-22)14-24(34-2)26(35-3)27(25)36-4/h5-14H,1-4H3. The van der Waals surface area contributed by atoms with Crippen LogP contribution < -0.4 is 24.4 Å². The van der Waals surface area contributed by atoms with E-state index >= 15 is 0 Å². The molecule has 37 heavy (non-hydrogen) atoms. The fourth-order valence-electron chi connectivity index (χ4n) is 4.38. The number of carbonyl (C=O) groups is 1. The highest BCUT2D eigenvalue weighted by Gasteiger charge is 2.21. The molecule has 0 N–H and O–H groups in total. The summed E-state index contributed by atoms with van der Waals surface area (Å²) in [5.74, 6) is 1.54. The lowest BCUT2D eigenvalue weighted by Crippen LogP contribution is -2.12. The number of halogens is 1. The minimum Gasteiger partial charge on any atom is -0.496 e. The molecule has 0 unspecified atom stereocenters. The quantitative estimate of drug-likeness (QED) is 0.254. The molecule has 0 amide bonds. The summed E-state index contributed by atoms with van der Waals surface area (Å²) in [5, 5.41) is 1.05. The third-order valence-corrected chi connectivity index (χ3v) is 6.60. The van der Waals surface area contributed by atoms with Gasteiger partial charge in [-0.1, -0.05) is 15.9 Å². The van der Waals surface area contributed by atoms with Gasteiger partial charge in [-0.2, -0.15) is 0 Å². The molecule has 8 nitrogen and oxygen atoms in total. The molecule has 0 radical (unpaired) electrons. The Morgan fingerprint density at radius 3 is 2.30 bits per heavy atom. The summed E-state index contributed by atoms with van der Waals surface area (Å²) < 4.78 is 30.1. The highest BCUT2D eigenvalue weighted by atomic mass is 79.9. The number of hydrogen-bond acceptors (Lipinski definition) is 7. The van der Waals surface area contributed by atoms with Crippen LogP contribution in [-0.2, 0) is 0 Å². The molecule has 0 bridgehead atoms. The van der Waals surface area contributed by atoms with Gasteiger partial charge in [-0.25, -0.2) is 0 Å². The Morgan fingerprint density at radius 2 is 1.59 bits per heavy atom. The lowest BCUT2D eigenvalue weighted by Gasteiger charge is -2.14. The summed E-state index contributed by atoms with van der Waals surface area (Å²) in [6.07, 6.45) is 1.70. The zero-order valence-corrected chi connectivity index (χ0v) is 22.0. The molecule has 0 aliphatic rings. The van der Waals surface area contributed by atoms with Crippen LogP contribution in [-0.4, -0.2) is 38.9 Å². The van der Waals surface area contributed by atoms with Crippen molar-refractivity contribution in [2.75, 3.05) is 28.4 Å². The fourth-order valence-corrected chi connectivity index (χ4v) is 4.74. The van der Waals surface area contributed by atoms with E-state index in [4.69, 9.17) is 23.4 Å². The molecule has 0 spiro atoms. The molecular weight excluding hydrogens is 542 g/mol. The van der Waals surface area contributed by atoms with Crippen LogP contribution in [0.5, 0.6) is 23.0 Å². The fraction of sp³-hybridized carbons (Fsp3) is 0.143. The number of fused-ring (bicyclic) bond motifs is 2. The van der Waals surface area contributed by atoms with Crippen molar-refractivity contribution in [1.82, 2.24) is 4.57 Å². The van der Waals surface area contributed by atoms with E-state index in [9.17, 15) is 9.59 Å². The second kappa shape index (κ2) is 9.67. The maximum atomic E-state index is 13.3. The molecule has 188 valence electrons. The van der Waals surface area contributed by atoms with Gasteiger partial charge >= 0.3 is 0 Å². The number of methoxy groups -OCH3 is 4. The van der Waals surface area contributed by atoms with Crippen molar-refractivity contribution >= 4 is 43.7 Å². The number of rotatable bonds is 6. The van der Waals surface area contributed by atoms with Crippen molar-refractivity contribution in [2.45, 2.75) is 0 Å². The first-order valence-corrected chi connectivity index (χ1v) is 12.0. The maximum absolute atomic E-state index is 13.3. The van der Waals surface area contributed by atoms with Gasteiger partial charge in [-0.05, 0) is 42.5 Å². The van der Waals surface area contributed by atoms with Crippen molar-refractivity contribution in [2.24, 2.45) is 0 Å². The summed E-state index contributed by atoms with van der Waals surface area (Å²) in [6, 6.07) is 15.6. The Morgan fingerprint density at radius 1 is 0.838 bits per heavy atom. The Bertz CT molecular complexity index is 1730. The summed E-state index contributed by atoms with van der Waals surface area (Å²) >= 11 is 3.42. The molecule has 0 fully saturated rings. The highest BCUT2D eigenvalue weighted by Crippen LogP contribution is 2.43. The number of aromatic nitrogens is 1. The zero-order chi connectivity index (χ0) is 26.3. The van der Waals surface area contributed by atoms with Crippen LogP contribution in [0.1, 0.15) is 10.4 Å². The molecule has 0 saturated heterocycles. The van der Waals surface area contributed by atoms with E-state index in [0.29, 0.717) is 45.2 Å². The molecule has 0 aliphatic carbocycles.